The Morgan fingerprint density at radius 2 is 2.25 bits per heavy atom. The minimum Gasteiger partial charge on any atom is -0.443 e. The molecule has 0 aromatic carbocycles. The van der Waals surface area contributed by atoms with E-state index in [1.54, 1.807) is 0 Å². The number of rotatable bonds is 2. The van der Waals surface area contributed by atoms with E-state index in [1.807, 2.05) is 20.8 Å². The van der Waals surface area contributed by atoms with Gasteiger partial charge in [-0.2, -0.15) is 0 Å². The van der Waals surface area contributed by atoms with E-state index < -0.39 is 18.2 Å². The lowest BCUT2D eigenvalue weighted by Crippen LogP contribution is -2.42. The smallest absolute Gasteiger partial charge is 0.404 e. The number of carbonyl (C=O) groups excluding carboxylic acids is 1. The van der Waals surface area contributed by atoms with Gasteiger partial charge in [0.05, 0.1) is 12.7 Å². The first kappa shape index (κ1) is 12.6. The molecule has 1 saturated heterocycles. The van der Waals surface area contributed by atoms with E-state index in [9.17, 15) is 4.79 Å². The predicted octanol–water partition coefficient (Wildman–Crippen LogP) is 1.57. The van der Waals surface area contributed by atoms with Gasteiger partial charge in [0.25, 0.3) is 0 Å². The van der Waals surface area contributed by atoms with E-state index in [1.165, 1.54) is 0 Å². The second-order valence-electron chi connectivity index (χ2n) is 4.79. The zero-order valence-electron chi connectivity index (χ0n) is 9.58. The standard InChI is InChI=1S/C9H16N4O3/c1-9(2,3)7-6(16-8(10)14)5(4-15-7)12-13-11/h5-7H,4H2,1-3H3,(H2,10,14)/t5-,6+,7?/m0/s1. The Kier molecular flexibility index (Phi) is 3.62. The number of nitrogens with two attached hydrogens (primary N) is 1. The van der Waals surface area contributed by atoms with Crippen molar-refractivity contribution in [2.75, 3.05) is 6.61 Å². The molecule has 1 aliphatic heterocycles. The lowest BCUT2D eigenvalue weighted by atomic mass is 9.85. The quantitative estimate of drug-likeness (QED) is 0.440. The van der Waals surface area contributed by atoms with Crippen molar-refractivity contribution in [2.45, 2.75) is 39.0 Å². The molecule has 2 N–H and O–H groups in total. The van der Waals surface area contributed by atoms with E-state index in [0.29, 0.717) is 0 Å². The van der Waals surface area contributed by atoms with Gasteiger partial charge >= 0.3 is 6.09 Å². The van der Waals surface area contributed by atoms with Crippen molar-refractivity contribution in [3.8, 4) is 0 Å². The molecule has 1 heterocycles. The molecule has 1 amide bonds. The summed E-state index contributed by atoms with van der Waals surface area (Å²) in [4.78, 5) is 13.5. The number of primary amides is 1. The van der Waals surface area contributed by atoms with Gasteiger partial charge in [-0.05, 0) is 10.9 Å². The molecular formula is C9H16N4O3. The highest BCUT2D eigenvalue weighted by molar-refractivity contribution is 5.65. The number of hydrogen-bond donors (Lipinski definition) is 1. The fourth-order valence-corrected chi connectivity index (χ4v) is 1.78. The van der Waals surface area contributed by atoms with Crippen LogP contribution in [0.4, 0.5) is 4.79 Å². The van der Waals surface area contributed by atoms with Gasteiger partial charge in [-0.15, -0.1) is 0 Å². The first-order valence-electron chi connectivity index (χ1n) is 4.98. The first-order chi connectivity index (χ1) is 7.36. The van der Waals surface area contributed by atoms with E-state index >= 15 is 0 Å². The number of nitrogens with zero attached hydrogens (tertiary/aromatic N) is 3. The van der Waals surface area contributed by atoms with Gasteiger partial charge in [0.1, 0.15) is 12.1 Å². The molecule has 0 aromatic heterocycles. The summed E-state index contributed by atoms with van der Waals surface area (Å²) in [7, 11) is 0. The summed E-state index contributed by atoms with van der Waals surface area (Å²) in [5.41, 5.74) is 13.2. The molecular weight excluding hydrogens is 212 g/mol. The van der Waals surface area contributed by atoms with Crippen molar-refractivity contribution in [2.24, 2.45) is 16.3 Å². The van der Waals surface area contributed by atoms with Gasteiger partial charge < -0.3 is 15.2 Å². The normalized spacial score (nSPS) is 29.6. The molecule has 1 fully saturated rings. The maximum Gasteiger partial charge on any atom is 0.404 e. The maximum atomic E-state index is 10.8. The van der Waals surface area contributed by atoms with Gasteiger partial charge in [-0.1, -0.05) is 25.9 Å². The first-order valence-corrected chi connectivity index (χ1v) is 4.98. The van der Waals surface area contributed by atoms with Crippen molar-refractivity contribution in [3.63, 3.8) is 0 Å². The third-order valence-corrected chi connectivity index (χ3v) is 2.43. The number of hydrogen-bond acceptors (Lipinski definition) is 4. The van der Waals surface area contributed by atoms with Crippen molar-refractivity contribution in [3.05, 3.63) is 10.4 Å². The van der Waals surface area contributed by atoms with Crippen LogP contribution in [-0.2, 0) is 9.47 Å². The van der Waals surface area contributed by atoms with Crippen LogP contribution in [0.5, 0.6) is 0 Å². The minimum absolute atomic E-state index is 0.222. The molecule has 0 aromatic rings. The Balaban J connectivity index is 2.87. The number of amides is 1. The molecule has 7 heteroatoms. The van der Waals surface area contributed by atoms with Crippen LogP contribution < -0.4 is 5.73 Å². The lowest BCUT2D eigenvalue weighted by Gasteiger charge is -2.30. The molecule has 7 nitrogen and oxygen atoms in total. The van der Waals surface area contributed by atoms with Crippen LogP contribution in [0, 0.1) is 5.41 Å². The summed E-state index contributed by atoms with van der Waals surface area (Å²) in [5, 5.41) is 3.54. The summed E-state index contributed by atoms with van der Waals surface area (Å²) in [6.45, 7) is 6.10. The summed E-state index contributed by atoms with van der Waals surface area (Å²) >= 11 is 0. The Morgan fingerprint density at radius 3 is 2.69 bits per heavy atom. The van der Waals surface area contributed by atoms with Crippen LogP contribution in [0.25, 0.3) is 10.4 Å². The van der Waals surface area contributed by atoms with Crippen molar-refractivity contribution < 1.29 is 14.3 Å². The average molecular weight is 228 g/mol. The molecule has 0 aliphatic carbocycles. The van der Waals surface area contributed by atoms with Crippen LogP contribution in [0.3, 0.4) is 0 Å². The molecule has 1 aliphatic rings. The fraction of sp³-hybridized carbons (Fsp3) is 0.889. The van der Waals surface area contributed by atoms with Gasteiger partial charge in [0, 0.05) is 4.91 Å². The Morgan fingerprint density at radius 1 is 1.62 bits per heavy atom. The third-order valence-electron chi connectivity index (χ3n) is 2.43. The minimum atomic E-state index is -0.886. The molecule has 0 radical (unpaired) electrons. The fourth-order valence-electron chi connectivity index (χ4n) is 1.78. The van der Waals surface area contributed by atoms with Crippen LogP contribution >= 0.6 is 0 Å². The highest BCUT2D eigenvalue weighted by atomic mass is 16.6. The monoisotopic (exact) mass is 228 g/mol. The summed E-state index contributed by atoms with van der Waals surface area (Å²) in [6, 6.07) is -0.512. The lowest BCUT2D eigenvalue weighted by molar-refractivity contribution is -0.0323. The molecule has 1 rings (SSSR count). The van der Waals surface area contributed by atoms with E-state index in [4.69, 9.17) is 20.7 Å². The van der Waals surface area contributed by atoms with Gasteiger partial charge in [0.15, 0.2) is 0 Å². The zero-order valence-corrected chi connectivity index (χ0v) is 9.58. The van der Waals surface area contributed by atoms with Gasteiger partial charge in [-0.3, -0.25) is 0 Å². The maximum absolute atomic E-state index is 10.8. The number of carbonyl (C=O) groups is 1. The third kappa shape index (κ3) is 2.77. The van der Waals surface area contributed by atoms with Crippen molar-refractivity contribution in [1.29, 1.82) is 0 Å². The van der Waals surface area contributed by atoms with Crippen LogP contribution in [0.15, 0.2) is 5.11 Å². The molecule has 1 unspecified atom stereocenters. The molecule has 3 atom stereocenters. The summed E-state index contributed by atoms with van der Waals surface area (Å²) < 4.78 is 10.5. The van der Waals surface area contributed by atoms with Crippen molar-refractivity contribution in [1.82, 2.24) is 0 Å². The predicted molar refractivity (Wildman–Crippen MR) is 56.6 cm³/mol. The van der Waals surface area contributed by atoms with Gasteiger partial charge in [-0.25, -0.2) is 4.79 Å². The second kappa shape index (κ2) is 4.59. The Bertz CT molecular complexity index is 319. The summed E-state index contributed by atoms with van der Waals surface area (Å²) in [5.74, 6) is 0. The van der Waals surface area contributed by atoms with Crippen LogP contribution in [0.1, 0.15) is 20.8 Å². The molecule has 16 heavy (non-hydrogen) atoms. The summed E-state index contributed by atoms with van der Waals surface area (Å²) in [6.07, 6.45) is -1.83. The molecule has 0 saturated carbocycles. The van der Waals surface area contributed by atoms with Crippen molar-refractivity contribution >= 4 is 6.09 Å². The zero-order chi connectivity index (χ0) is 12.3. The molecule has 0 bridgehead atoms. The van der Waals surface area contributed by atoms with Crippen LogP contribution in [-0.4, -0.2) is 30.9 Å². The largest absolute Gasteiger partial charge is 0.443 e. The second-order valence-corrected chi connectivity index (χ2v) is 4.79. The SMILES string of the molecule is CC(C)(C)C1OC[C@H](N=[N+]=[N-])[C@H]1OC(N)=O. The van der Waals surface area contributed by atoms with Crippen LogP contribution in [0.2, 0.25) is 0 Å². The van der Waals surface area contributed by atoms with E-state index in [0.717, 1.165) is 0 Å². The highest BCUT2D eigenvalue weighted by Gasteiger charge is 2.45. The highest BCUT2D eigenvalue weighted by Crippen LogP contribution is 2.33. The molecule has 0 spiro atoms. The number of ether oxygens (including phenoxy) is 2. The Hall–Kier alpha value is -1.46. The van der Waals surface area contributed by atoms with E-state index in [2.05, 4.69) is 10.0 Å². The Labute approximate surface area is 93.5 Å². The average Bonchev–Trinajstić information content (AvgIpc) is 2.47. The van der Waals surface area contributed by atoms with Gasteiger partial charge in [0.2, 0.25) is 0 Å². The topological polar surface area (TPSA) is 110 Å². The van der Waals surface area contributed by atoms with E-state index in [-0.39, 0.29) is 18.1 Å². The molecule has 90 valence electrons. The number of azide groups is 1.